The van der Waals surface area contributed by atoms with E-state index in [9.17, 15) is 9.90 Å². The van der Waals surface area contributed by atoms with Crippen LogP contribution in [0, 0.1) is 0 Å². The number of nitrogens with zero attached hydrogens (tertiary/aromatic N) is 3. The molecule has 0 fully saturated rings. The second-order valence-electron chi connectivity index (χ2n) is 3.44. The predicted molar refractivity (Wildman–Crippen MR) is 55.0 cm³/mol. The molecule has 0 aromatic carbocycles. The fourth-order valence-electron chi connectivity index (χ4n) is 1.03. The summed E-state index contributed by atoms with van der Waals surface area (Å²) >= 11 is 0. The van der Waals surface area contributed by atoms with Crippen molar-refractivity contribution in [2.24, 2.45) is 0 Å². The molecule has 0 saturated heterocycles. The van der Waals surface area contributed by atoms with Crippen LogP contribution in [0.2, 0.25) is 0 Å². The fraction of sp³-hybridized carbons (Fsp3) is 0.444. The molecule has 0 saturated carbocycles. The van der Waals surface area contributed by atoms with Crippen LogP contribution in [0.1, 0.15) is 11.7 Å². The molecule has 1 aromatic heterocycles. The molecule has 1 rings (SSSR count). The topological polar surface area (TPSA) is 107 Å². The van der Waals surface area contributed by atoms with Crippen molar-refractivity contribution in [2.75, 3.05) is 19.0 Å². The number of rotatable bonds is 4. The van der Waals surface area contributed by atoms with Crippen LogP contribution in [0.25, 0.3) is 0 Å². The van der Waals surface area contributed by atoms with Crippen molar-refractivity contribution >= 4 is 11.9 Å². The number of aliphatic hydroxyl groups excluding tert-OH is 2. The Morgan fingerprint density at radius 1 is 1.31 bits per heavy atom. The van der Waals surface area contributed by atoms with Crippen molar-refractivity contribution < 1.29 is 20.1 Å². The molecule has 3 N–H and O–H groups in total. The van der Waals surface area contributed by atoms with E-state index in [-0.39, 0.29) is 5.56 Å². The number of aromatic nitrogens is 2. The van der Waals surface area contributed by atoms with Gasteiger partial charge in [-0.15, -0.1) is 0 Å². The van der Waals surface area contributed by atoms with Crippen molar-refractivity contribution in [3.05, 3.63) is 18.0 Å². The van der Waals surface area contributed by atoms with Crippen LogP contribution >= 0.6 is 0 Å². The average Bonchev–Trinajstić information content (AvgIpc) is 2.27. The first-order valence-electron chi connectivity index (χ1n) is 4.51. The van der Waals surface area contributed by atoms with E-state index < -0.39 is 18.2 Å². The van der Waals surface area contributed by atoms with E-state index in [1.165, 1.54) is 12.4 Å². The van der Waals surface area contributed by atoms with Crippen molar-refractivity contribution in [3.63, 3.8) is 0 Å². The maximum atomic E-state index is 10.4. The zero-order valence-corrected chi connectivity index (χ0v) is 8.90. The van der Waals surface area contributed by atoms with Crippen molar-refractivity contribution in [1.82, 2.24) is 9.97 Å². The van der Waals surface area contributed by atoms with Crippen LogP contribution in [0.4, 0.5) is 5.95 Å². The van der Waals surface area contributed by atoms with E-state index in [1.54, 1.807) is 19.0 Å². The monoisotopic (exact) mass is 227 g/mol. The van der Waals surface area contributed by atoms with Crippen LogP contribution in [0.5, 0.6) is 0 Å². The quantitative estimate of drug-likeness (QED) is 0.607. The Morgan fingerprint density at radius 3 is 2.19 bits per heavy atom. The molecule has 1 heterocycles. The van der Waals surface area contributed by atoms with Gasteiger partial charge in [0.2, 0.25) is 5.95 Å². The van der Waals surface area contributed by atoms with E-state index in [1.807, 2.05) is 0 Å². The Morgan fingerprint density at radius 2 is 1.81 bits per heavy atom. The minimum absolute atomic E-state index is 0.153. The highest BCUT2D eigenvalue weighted by atomic mass is 16.4. The standard InChI is InChI=1S/C9H13N3O4/c1-12(2)9-10-3-5(4-11-9)6(13)7(14)8(15)16/h3-4,6-7,13-14H,1-2H3,(H,15,16). The fourth-order valence-corrected chi connectivity index (χ4v) is 1.03. The molecule has 0 spiro atoms. The van der Waals surface area contributed by atoms with Gasteiger partial charge in [0.25, 0.3) is 0 Å². The molecular formula is C9H13N3O4. The molecule has 2 atom stereocenters. The summed E-state index contributed by atoms with van der Waals surface area (Å²) in [5.74, 6) is -1.06. The van der Waals surface area contributed by atoms with Gasteiger partial charge in [-0.1, -0.05) is 0 Å². The lowest BCUT2D eigenvalue weighted by molar-refractivity contribution is -0.153. The third-order valence-electron chi connectivity index (χ3n) is 1.95. The number of aliphatic hydroxyl groups is 2. The van der Waals surface area contributed by atoms with Gasteiger partial charge >= 0.3 is 5.97 Å². The molecule has 0 aliphatic carbocycles. The van der Waals surface area contributed by atoms with Crippen LogP contribution in [0.15, 0.2) is 12.4 Å². The lowest BCUT2D eigenvalue weighted by atomic mass is 10.1. The van der Waals surface area contributed by atoms with Gasteiger partial charge in [0, 0.05) is 32.1 Å². The molecule has 0 amide bonds. The van der Waals surface area contributed by atoms with Gasteiger partial charge in [-0.2, -0.15) is 0 Å². The van der Waals surface area contributed by atoms with Gasteiger partial charge < -0.3 is 20.2 Å². The third-order valence-corrected chi connectivity index (χ3v) is 1.95. The van der Waals surface area contributed by atoms with Crippen molar-refractivity contribution in [2.45, 2.75) is 12.2 Å². The van der Waals surface area contributed by atoms with E-state index in [0.29, 0.717) is 5.95 Å². The summed E-state index contributed by atoms with van der Waals surface area (Å²) in [6.45, 7) is 0. The summed E-state index contributed by atoms with van der Waals surface area (Å²) in [6, 6.07) is 0. The molecule has 0 aliphatic rings. The molecule has 0 bridgehead atoms. The Bertz CT molecular complexity index is 366. The molecule has 88 valence electrons. The third kappa shape index (κ3) is 2.65. The first-order valence-corrected chi connectivity index (χ1v) is 4.51. The van der Waals surface area contributed by atoms with Crippen molar-refractivity contribution in [1.29, 1.82) is 0 Å². The van der Waals surface area contributed by atoms with Gasteiger partial charge in [-0.3, -0.25) is 0 Å². The van der Waals surface area contributed by atoms with Gasteiger partial charge in [0.1, 0.15) is 6.10 Å². The molecule has 1 aromatic rings. The molecule has 7 nitrogen and oxygen atoms in total. The summed E-state index contributed by atoms with van der Waals surface area (Å²) in [5.41, 5.74) is 0.153. The molecule has 0 aliphatic heterocycles. The van der Waals surface area contributed by atoms with Gasteiger partial charge in [0.15, 0.2) is 6.10 Å². The Kier molecular flexibility index (Phi) is 3.75. The van der Waals surface area contributed by atoms with Crippen LogP contribution in [0.3, 0.4) is 0 Å². The minimum Gasteiger partial charge on any atom is -0.479 e. The smallest absolute Gasteiger partial charge is 0.335 e. The SMILES string of the molecule is CN(C)c1ncc(C(O)C(O)C(=O)O)cn1. The number of hydrogen-bond donors (Lipinski definition) is 3. The second kappa shape index (κ2) is 4.86. The Hall–Kier alpha value is -1.73. The molecule has 0 radical (unpaired) electrons. The summed E-state index contributed by atoms with van der Waals surface area (Å²) in [5, 5.41) is 27.1. The number of anilines is 1. The predicted octanol–water partition coefficient (Wildman–Crippen LogP) is -0.979. The highest BCUT2D eigenvalue weighted by Gasteiger charge is 2.25. The lowest BCUT2D eigenvalue weighted by Gasteiger charge is -2.15. The van der Waals surface area contributed by atoms with Crippen molar-refractivity contribution in [3.8, 4) is 0 Å². The number of hydrogen-bond acceptors (Lipinski definition) is 6. The highest BCUT2D eigenvalue weighted by molar-refractivity contribution is 5.73. The van der Waals surface area contributed by atoms with Gasteiger partial charge in [-0.25, -0.2) is 14.8 Å². The van der Waals surface area contributed by atoms with Crippen LogP contribution in [-0.2, 0) is 4.79 Å². The van der Waals surface area contributed by atoms with E-state index in [4.69, 9.17) is 10.2 Å². The summed E-state index contributed by atoms with van der Waals surface area (Å²) in [6.07, 6.45) is -0.860. The van der Waals surface area contributed by atoms with Crippen LogP contribution in [-0.4, -0.2) is 51.5 Å². The first kappa shape index (κ1) is 12.3. The Balaban J connectivity index is 2.85. The summed E-state index contributed by atoms with van der Waals surface area (Å²) < 4.78 is 0. The molecular weight excluding hydrogens is 214 g/mol. The number of carboxylic acid groups (broad SMARTS) is 1. The van der Waals surface area contributed by atoms with Gasteiger partial charge in [-0.05, 0) is 0 Å². The normalized spacial score (nSPS) is 14.2. The van der Waals surface area contributed by atoms with Gasteiger partial charge in [0.05, 0.1) is 0 Å². The highest BCUT2D eigenvalue weighted by Crippen LogP contribution is 2.16. The summed E-state index contributed by atoms with van der Waals surface area (Å²) in [4.78, 5) is 19.9. The van der Waals surface area contributed by atoms with Crippen LogP contribution < -0.4 is 4.90 Å². The number of carbonyl (C=O) groups is 1. The zero-order chi connectivity index (χ0) is 12.3. The van der Waals surface area contributed by atoms with E-state index in [0.717, 1.165) is 0 Å². The lowest BCUT2D eigenvalue weighted by Crippen LogP contribution is -2.27. The zero-order valence-electron chi connectivity index (χ0n) is 8.90. The molecule has 2 unspecified atom stereocenters. The van der Waals surface area contributed by atoms with E-state index in [2.05, 4.69) is 9.97 Å². The maximum Gasteiger partial charge on any atom is 0.335 e. The Labute approximate surface area is 92.0 Å². The summed E-state index contributed by atoms with van der Waals surface area (Å²) in [7, 11) is 3.50. The second-order valence-corrected chi connectivity index (χ2v) is 3.44. The largest absolute Gasteiger partial charge is 0.479 e. The first-order chi connectivity index (χ1) is 7.43. The maximum absolute atomic E-state index is 10.4. The number of aliphatic carboxylic acids is 1. The average molecular weight is 227 g/mol. The molecule has 16 heavy (non-hydrogen) atoms. The number of carboxylic acids is 1. The molecule has 7 heteroatoms. The minimum atomic E-state index is -1.88. The van der Waals surface area contributed by atoms with E-state index >= 15 is 0 Å².